The van der Waals surface area contributed by atoms with Gasteiger partial charge >= 0.3 is 0 Å². The van der Waals surface area contributed by atoms with E-state index in [2.05, 4.69) is 5.32 Å². The molecule has 2 atom stereocenters. The zero-order valence-corrected chi connectivity index (χ0v) is 12.5. The summed E-state index contributed by atoms with van der Waals surface area (Å²) in [7, 11) is 0. The Morgan fingerprint density at radius 1 is 1.18 bits per heavy atom. The molecule has 0 spiro atoms. The monoisotopic (exact) mass is 302 g/mol. The van der Waals surface area contributed by atoms with Gasteiger partial charge in [-0.15, -0.1) is 0 Å². The van der Waals surface area contributed by atoms with Crippen LogP contribution in [0.5, 0.6) is 11.5 Å². The third-order valence-corrected chi connectivity index (χ3v) is 3.20. The van der Waals surface area contributed by atoms with E-state index in [1.165, 1.54) is 6.07 Å². The summed E-state index contributed by atoms with van der Waals surface area (Å²) in [5.41, 5.74) is 6.14. The molecule has 4 nitrogen and oxygen atoms in total. The molecule has 0 aromatic heterocycles. The molecule has 1 unspecified atom stereocenters. The zero-order chi connectivity index (χ0) is 16.1. The fourth-order valence-electron chi connectivity index (χ4n) is 1.91. The smallest absolute Gasteiger partial charge is 0.237 e. The van der Waals surface area contributed by atoms with E-state index < -0.39 is 11.9 Å². The number of amides is 1. The molecule has 2 rings (SSSR count). The first-order chi connectivity index (χ1) is 10.5. The summed E-state index contributed by atoms with van der Waals surface area (Å²) in [6.07, 6.45) is 0. The van der Waals surface area contributed by atoms with Crippen molar-refractivity contribution in [2.24, 2.45) is 5.73 Å². The molecule has 3 N–H and O–H groups in total. The van der Waals surface area contributed by atoms with Gasteiger partial charge in [-0.3, -0.25) is 4.79 Å². The van der Waals surface area contributed by atoms with Gasteiger partial charge in [-0.1, -0.05) is 24.3 Å². The molecule has 0 aliphatic heterocycles. The van der Waals surface area contributed by atoms with Gasteiger partial charge in [0.05, 0.1) is 12.1 Å². The number of rotatable bonds is 5. The maximum atomic E-state index is 14.1. The molecule has 0 bridgehead atoms. The lowest BCUT2D eigenvalue weighted by Gasteiger charge is -2.17. The van der Waals surface area contributed by atoms with E-state index in [1.807, 2.05) is 18.2 Å². The summed E-state index contributed by atoms with van der Waals surface area (Å²) in [6, 6.07) is 12.7. The Morgan fingerprint density at radius 3 is 2.45 bits per heavy atom. The fraction of sp³-hybridized carbons (Fsp3) is 0.235. The Labute approximate surface area is 129 Å². The number of hydrogen-bond donors (Lipinski definition) is 2. The normalized spacial score (nSPS) is 13.3. The van der Waals surface area contributed by atoms with Crippen LogP contribution in [-0.4, -0.2) is 11.9 Å². The number of benzene rings is 2. The predicted octanol–water partition coefficient (Wildman–Crippen LogP) is 3.14. The van der Waals surface area contributed by atoms with Crippen molar-refractivity contribution in [1.82, 2.24) is 5.32 Å². The SMILES string of the molecule is CC(NC(=O)[C@@H](C)N)c1ccc(Oc2ccccc2)c(F)c1. The predicted molar refractivity (Wildman–Crippen MR) is 83.1 cm³/mol. The van der Waals surface area contributed by atoms with Crippen LogP contribution in [0.4, 0.5) is 4.39 Å². The average Bonchev–Trinajstić information content (AvgIpc) is 2.50. The van der Waals surface area contributed by atoms with Gasteiger partial charge in [0, 0.05) is 0 Å². The van der Waals surface area contributed by atoms with Gasteiger partial charge in [-0.05, 0) is 43.7 Å². The maximum absolute atomic E-state index is 14.1. The van der Waals surface area contributed by atoms with Gasteiger partial charge in [0.1, 0.15) is 5.75 Å². The molecule has 0 heterocycles. The van der Waals surface area contributed by atoms with Crippen molar-refractivity contribution in [3.8, 4) is 11.5 Å². The van der Waals surface area contributed by atoms with E-state index in [-0.39, 0.29) is 17.7 Å². The van der Waals surface area contributed by atoms with Gasteiger partial charge in [0.15, 0.2) is 11.6 Å². The Bertz CT molecular complexity index is 644. The minimum absolute atomic E-state index is 0.140. The van der Waals surface area contributed by atoms with Gasteiger partial charge in [-0.25, -0.2) is 4.39 Å². The van der Waals surface area contributed by atoms with E-state index in [0.29, 0.717) is 11.3 Å². The summed E-state index contributed by atoms with van der Waals surface area (Å²) in [5.74, 6) is -0.0612. The standard InChI is InChI=1S/C17H19FN2O2/c1-11(19)17(21)20-12(2)13-8-9-16(15(18)10-13)22-14-6-4-3-5-7-14/h3-12H,19H2,1-2H3,(H,20,21)/t11-,12?/m1/s1. The van der Waals surface area contributed by atoms with Gasteiger partial charge < -0.3 is 15.8 Å². The quantitative estimate of drug-likeness (QED) is 0.892. The molecule has 0 radical (unpaired) electrons. The van der Waals surface area contributed by atoms with Crippen LogP contribution >= 0.6 is 0 Å². The van der Waals surface area contributed by atoms with Crippen LogP contribution in [0.1, 0.15) is 25.5 Å². The number of carbonyl (C=O) groups excluding carboxylic acids is 1. The number of nitrogens with two attached hydrogens (primary N) is 1. The third-order valence-electron chi connectivity index (χ3n) is 3.20. The van der Waals surface area contributed by atoms with Crippen molar-refractivity contribution < 1.29 is 13.9 Å². The van der Waals surface area contributed by atoms with Gasteiger partial charge in [0.2, 0.25) is 5.91 Å². The molecule has 0 saturated carbocycles. The van der Waals surface area contributed by atoms with Crippen LogP contribution in [0, 0.1) is 5.82 Å². The van der Waals surface area contributed by atoms with E-state index in [4.69, 9.17) is 10.5 Å². The van der Waals surface area contributed by atoms with Gasteiger partial charge in [-0.2, -0.15) is 0 Å². The Kier molecular flexibility index (Phi) is 5.12. The van der Waals surface area contributed by atoms with Crippen molar-refractivity contribution in [1.29, 1.82) is 0 Å². The lowest BCUT2D eigenvalue weighted by atomic mass is 10.1. The Balaban J connectivity index is 2.10. The summed E-state index contributed by atoms with van der Waals surface area (Å²) >= 11 is 0. The molecular formula is C17H19FN2O2. The summed E-state index contributed by atoms with van der Waals surface area (Å²) in [4.78, 5) is 11.6. The number of carbonyl (C=O) groups is 1. The fourth-order valence-corrected chi connectivity index (χ4v) is 1.91. The Hall–Kier alpha value is -2.40. The number of hydrogen-bond acceptors (Lipinski definition) is 3. The molecule has 2 aromatic carbocycles. The average molecular weight is 302 g/mol. The van der Waals surface area contributed by atoms with Crippen molar-refractivity contribution in [2.75, 3.05) is 0 Å². The second kappa shape index (κ2) is 7.04. The van der Waals surface area contributed by atoms with Crippen molar-refractivity contribution in [2.45, 2.75) is 25.9 Å². The highest BCUT2D eigenvalue weighted by Gasteiger charge is 2.14. The lowest BCUT2D eigenvalue weighted by Crippen LogP contribution is -2.39. The molecule has 5 heteroatoms. The van der Waals surface area contributed by atoms with E-state index in [0.717, 1.165) is 0 Å². The third kappa shape index (κ3) is 4.05. The second-order valence-electron chi connectivity index (χ2n) is 5.12. The molecule has 0 saturated heterocycles. The van der Waals surface area contributed by atoms with Crippen molar-refractivity contribution >= 4 is 5.91 Å². The number of ether oxygens (including phenoxy) is 1. The summed E-state index contributed by atoms with van der Waals surface area (Å²) < 4.78 is 19.6. The van der Waals surface area contributed by atoms with Gasteiger partial charge in [0.25, 0.3) is 0 Å². The lowest BCUT2D eigenvalue weighted by molar-refractivity contribution is -0.122. The number of nitrogens with one attached hydrogen (secondary N) is 1. The second-order valence-corrected chi connectivity index (χ2v) is 5.12. The highest BCUT2D eigenvalue weighted by atomic mass is 19.1. The van der Waals surface area contributed by atoms with E-state index in [1.54, 1.807) is 38.1 Å². The highest BCUT2D eigenvalue weighted by Crippen LogP contribution is 2.26. The van der Waals surface area contributed by atoms with Crippen LogP contribution in [0.3, 0.4) is 0 Å². The first-order valence-corrected chi connectivity index (χ1v) is 7.05. The summed E-state index contributed by atoms with van der Waals surface area (Å²) in [6.45, 7) is 3.37. The first kappa shape index (κ1) is 16.0. The molecule has 22 heavy (non-hydrogen) atoms. The first-order valence-electron chi connectivity index (χ1n) is 7.05. The largest absolute Gasteiger partial charge is 0.454 e. The maximum Gasteiger partial charge on any atom is 0.237 e. The molecule has 0 aliphatic rings. The molecular weight excluding hydrogens is 283 g/mol. The Morgan fingerprint density at radius 2 is 1.86 bits per heavy atom. The number of halogens is 1. The molecule has 0 aliphatic carbocycles. The minimum Gasteiger partial charge on any atom is -0.454 e. The molecule has 1 amide bonds. The van der Waals surface area contributed by atoms with Crippen LogP contribution in [0.25, 0.3) is 0 Å². The van der Waals surface area contributed by atoms with E-state index in [9.17, 15) is 9.18 Å². The number of para-hydroxylation sites is 1. The van der Waals surface area contributed by atoms with Crippen molar-refractivity contribution in [3.63, 3.8) is 0 Å². The topological polar surface area (TPSA) is 64.4 Å². The van der Waals surface area contributed by atoms with Crippen LogP contribution in [0.2, 0.25) is 0 Å². The molecule has 0 fully saturated rings. The highest BCUT2D eigenvalue weighted by molar-refractivity contribution is 5.81. The minimum atomic E-state index is -0.604. The van der Waals surface area contributed by atoms with Crippen LogP contribution in [0.15, 0.2) is 48.5 Å². The molecule has 2 aromatic rings. The zero-order valence-electron chi connectivity index (χ0n) is 12.5. The van der Waals surface area contributed by atoms with Crippen LogP contribution in [-0.2, 0) is 4.79 Å². The van der Waals surface area contributed by atoms with E-state index >= 15 is 0 Å². The van der Waals surface area contributed by atoms with Crippen LogP contribution < -0.4 is 15.8 Å². The summed E-state index contributed by atoms with van der Waals surface area (Å²) in [5, 5.41) is 2.72. The molecule has 116 valence electrons. The van der Waals surface area contributed by atoms with Crippen molar-refractivity contribution in [3.05, 3.63) is 59.9 Å².